The van der Waals surface area contributed by atoms with Crippen molar-refractivity contribution in [1.82, 2.24) is 10.3 Å². The Morgan fingerprint density at radius 3 is 2.80 bits per heavy atom. The Morgan fingerprint density at radius 2 is 2.13 bits per heavy atom. The van der Waals surface area contributed by atoms with E-state index in [2.05, 4.69) is 15.5 Å². The first-order valence-electron chi connectivity index (χ1n) is 4.89. The predicted octanol–water partition coefficient (Wildman–Crippen LogP) is 0.350. The number of oxime groups is 1. The van der Waals surface area contributed by atoms with Gasteiger partial charge in [-0.15, -0.1) is 0 Å². The van der Waals surface area contributed by atoms with Gasteiger partial charge in [-0.25, -0.2) is 0 Å². The summed E-state index contributed by atoms with van der Waals surface area (Å²) in [5, 5.41) is 14.4. The second-order valence-electron chi connectivity index (χ2n) is 3.20. The van der Waals surface area contributed by atoms with Crippen LogP contribution in [0.1, 0.15) is 12.0 Å². The molecule has 0 spiro atoms. The van der Waals surface area contributed by atoms with Crippen molar-refractivity contribution in [2.45, 2.75) is 12.8 Å². The third-order valence-electron chi connectivity index (χ3n) is 2.03. The van der Waals surface area contributed by atoms with Crippen molar-refractivity contribution in [2.75, 3.05) is 13.1 Å². The van der Waals surface area contributed by atoms with E-state index in [4.69, 9.17) is 10.9 Å². The average Bonchev–Trinajstić information content (AvgIpc) is 2.29. The minimum atomic E-state index is 0.256. The number of amidine groups is 1. The van der Waals surface area contributed by atoms with Crippen LogP contribution >= 0.6 is 0 Å². The second kappa shape index (κ2) is 6.78. The van der Waals surface area contributed by atoms with E-state index in [1.165, 1.54) is 5.56 Å². The highest BCUT2D eigenvalue weighted by Gasteiger charge is 1.94. The van der Waals surface area contributed by atoms with Crippen LogP contribution in [-0.2, 0) is 6.42 Å². The molecular weight excluding hydrogens is 192 g/mol. The number of nitrogens with two attached hydrogens (primary N) is 1. The van der Waals surface area contributed by atoms with Crippen molar-refractivity contribution in [1.29, 1.82) is 0 Å². The average molecular weight is 208 g/mol. The van der Waals surface area contributed by atoms with Crippen LogP contribution in [0.4, 0.5) is 0 Å². The van der Waals surface area contributed by atoms with Crippen molar-refractivity contribution in [3.8, 4) is 0 Å². The van der Waals surface area contributed by atoms with Gasteiger partial charge in [0, 0.05) is 25.4 Å². The molecule has 1 rings (SSSR count). The number of aromatic nitrogens is 1. The van der Waals surface area contributed by atoms with E-state index in [1.54, 1.807) is 12.4 Å². The maximum atomic E-state index is 8.30. The lowest BCUT2D eigenvalue weighted by molar-refractivity contribution is 0.316. The second-order valence-corrected chi connectivity index (χ2v) is 3.20. The molecule has 5 nitrogen and oxygen atoms in total. The lowest BCUT2D eigenvalue weighted by Crippen LogP contribution is -2.24. The molecule has 15 heavy (non-hydrogen) atoms. The van der Waals surface area contributed by atoms with Gasteiger partial charge in [-0.2, -0.15) is 0 Å². The Hall–Kier alpha value is -1.62. The van der Waals surface area contributed by atoms with Crippen molar-refractivity contribution in [3.05, 3.63) is 30.1 Å². The van der Waals surface area contributed by atoms with Gasteiger partial charge in [-0.1, -0.05) is 5.16 Å². The van der Waals surface area contributed by atoms with E-state index in [0.717, 1.165) is 19.5 Å². The molecular formula is C10H16N4O. The monoisotopic (exact) mass is 208 g/mol. The highest BCUT2D eigenvalue weighted by atomic mass is 16.4. The number of nitrogens with one attached hydrogen (secondary N) is 1. The molecule has 82 valence electrons. The number of nitrogens with zero attached hydrogens (tertiary/aromatic N) is 2. The highest BCUT2D eigenvalue weighted by Crippen LogP contribution is 1.95. The fourth-order valence-electron chi connectivity index (χ4n) is 1.17. The minimum absolute atomic E-state index is 0.256. The van der Waals surface area contributed by atoms with E-state index < -0.39 is 0 Å². The smallest absolute Gasteiger partial charge is 0.140 e. The van der Waals surface area contributed by atoms with Gasteiger partial charge in [0.25, 0.3) is 0 Å². The quantitative estimate of drug-likeness (QED) is 0.207. The van der Waals surface area contributed by atoms with Crippen LogP contribution < -0.4 is 11.1 Å². The van der Waals surface area contributed by atoms with Gasteiger partial charge in [0.2, 0.25) is 0 Å². The Labute approximate surface area is 89.0 Å². The third-order valence-corrected chi connectivity index (χ3v) is 2.03. The minimum Gasteiger partial charge on any atom is -0.409 e. The standard InChI is InChI=1S/C10H16N4O/c11-10(14-15)4-8-13-7-3-9-1-5-12-6-2-9/h1-2,5-6,13,15H,3-4,7-8H2,(H2,11,14). The summed E-state index contributed by atoms with van der Waals surface area (Å²) >= 11 is 0. The van der Waals surface area contributed by atoms with Gasteiger partial charge in [0.15, 0.2) is 0 Å². The molecule has 0 aromatic carbocycles. The zero-order valence-corrected chi connectivity index (χ0v) is 8.56. The summed E-state index contributed by atoms with van der Waals surface area (Å²) in [6.45, 7) is 1.60. The zero-order valence-electron chi connectivity index (χ0n) is 8.56. The summed E-state index contributed by atoms with van der Waals surface area (Å²) < 4.78 is 0. The molecule has 4 N–H and O–H groups in total. The number of pyridine rings is 1. The van der Waals surface area contributed by atoms with Crippen LogP contribution in [0.25, 0.3) is 0 Å². The Bertz CT molecular complexity index is 300. The molecule has 0 aliphatic heterocycles. The molecule has 0 unspecified atom stereocenters. The van der Waals surface area contributed by atoms with Crippen LogP contribution in [0, 0.1) is 0 Å². The number of rotatable bonds is 6. The third kappa shape index (κ3) is 4.97. The maximum Gasteiger partial charge on any atom is 0.140 e. The molecule has 0 radical (unpaired) electrons. The van der Waals surface area contributed by atoms with Gasteiger partial charge in [-0.3, -0.25) is 4.98 Å². The Morgan fingerprint density at radius 1 is 1.40 bits per heavy atom. The van der Waals surface area contributed by atoms with Crippen molar-refractivity contribution < 1.29 is 5.21 Å². The first-order valence-corrected chi connectivity index (χ1v) is 4.89. The Balaban J connectivity index is 2.08. The van der Waals surface area contributed by atoms with Crippen molar-refractivity contribution in [3.63, 3.8) is 0 Å². The largest absolute Gasteiger partial charge is 0.409 e. The number of hydrogen-bond acceptors (Lipinski definition) is 4. The molecule has 0 saturated carbocycles. The summed E-state index contributed by atoms with van der Waals surface area (Å²) in [6, 6.07) is 3.98. The normalized spacial score (nSPS) is 11.6. The van der Waals surface area contributed by atoms with Crippen LogP contribution in [0.15, 0.2) is 29.7 Å². The van der Waals surface area contributed by atoms with Gasteiger partial charge in [0.05, 0.1) is 0 Å². The van der Waals surface area contributed by atoms with Gasteiger partial charge in [-0.05, 0) is 30.7 Å². The first kappa shape index (κ1) is 11.5. The zero-order chi connectivity index (χ0) is 10.9. The molecule has 0 aliphatic carbocycles. The molecule has 1 aromatic rings. The molecule has 0 bridgehead atoms. The fraction of sp³-hybridized carbons (Fsp3) is 0.400. The summed E-state index contributed by atoms with van der Waals surface area (Å²) in [4.78, 5) is 3.94. The van der Waals surface area contributed by atoms with Crippen LogP contribution in [-0.4, -0.2) is 29.1 Å². The molecule has 1 aromatic heterocycles. The Kier molecular flexibility index (Phi) is 5.18. The summed E-state index contributed by atoms with van der Waals surface area (Å²) in [7, 11) is 0. The molecule has 1 heterocycles. The summed E-state index contributed by atoms with van der Waals surface area (Å²) in [6.07, 6.45) is 5.09. The summed E-state index contributed by atoms with van der Waals surface area (Å²) in [5.74, 6) is 0.256. The molecule has 0 amide bonds. The van der Waals surface area contributed by atoms with Crippen LogP contribution in [0.2, 0.25) is 0 Å². The SMILES string of the molecule is NC(CCNCCc1ccncc1)=NO. The van der Waals surface area contributed by atoms with E-state index in [-0.39, 0.29) is 5.84 Å². The van der Waals surface area contributed by atoms with Gasteiger partial charge < -0.3 is 16.3 Å². The molecule has 0 aliphatic rings. The van der Waals surface area contributed by atoms with E-state index in [1.807, 2.05) is 12.1 Å². The van der Waals surface area contributed by atoms with Crippen LogP contribution in [0.5, 0.6) is 0 Å². The van der Waals surface area contributed by atoms with Crippen LogP contribution in [0.3, 0.4) is 0 Å². The van der Waals surface area contributed by atoms with E-state index >= 15 is 0 Å². The summed E-state index contributed by atoms with van der Waals surface area (Å²) in [5.41, 5.74) is 6.57. The highest BCUT2D eigenvalue weighted by molar-refractivity contribution is 5.79. The fourth-order valence-corrected chi connectivity index (χ4v) is 1.17. The van der Waals surface area contributed by atoms with Crippen molar-refractivity contribution in [2.24, 2.45) is 10.9 Å². The van der Waals surface area contributed by atoms with E-state index in [9.17, 15) is 0 Å². The predicted molar refractivity (Wildman–Crippen MR) is 58.8 cm³/mol. The topological polar surface area (TPSA) is 83.5 Å². The van der Waals surface area contributed by atoms with Gasteiger partial charge in [0.1, 0.15) is 5.84 Å². The van der Waals surface area contributed by atoms with Crippen molar-refractivity contribution >= 4 is 5.84 Å². The molecule has 0 saturated heterocycles. The van der Waals surface area contributed by atoms with Gasteiger partial charge >= 0.3 is 0 Å². The maximum absolute atomic E-state index is 8.30. The first-order chi connectivity index (χ1) is 7.33. The van der Waals surface area contributed by atoms with E-state index in [0.29, 0.717) is 6.42 Å². The lowest BCUT2D eigenvalue weighted by Gasteiger charge is -2.03. The molecule has 0 atom stereocenters. The molecule has 0 fully saturated rings. The lowest BCUT2D eigenvalue weighted by atomic mass is 10.2. The molecule has 5 heteroatoms. The number of hydrogen-bond donors (Lipinski definition) is 3.